The number of benzene rings is 2. The first-order valence-corrected chi connectivity index (χ1v) is 9.54. The lowest BCUT2D eigenvalue weighted by atomic mass is 10.1. The molecule has 0 saturated carbocycles. The molecule has 2 aromatic carbocycles. The number of nitrogens with one attached hydrogen (secondary N) is 3. The number of carbonyl (C=O) groups excluding carboxylic acids is 2. The molecule has 0 spiro atoms. The van der Waals surface area contributed by atoms with Crippen LogP contribution in [0.5, 0.6) is 0 Å². The van der Waals surface area contributed by atoms with Crippen molar-refractivity contribution in [1.82, 2.24) is 41.2 Å². The van der Waals surface area contributed by atoms with E-state index in [2.05, 4.69) is 41.2 Å². The zero-order valence-electron chi connectivity index (χ0n) is 21.1. The number of carbonyl (C=O) groups is 2. The summed E-state index contributed by atoms with van der Waals surface area (Å²) in [4.78, 5) is 32.9. The van der Waals surface area contributed by atoms with Crippen molar-refractivity contribution in [2.24, 2.45) is 0 Å². The number of hydrogen-bond acceptors (Lipinski definition) is 7. The van der Waals surface area contributed by atoms with E-state index in [0.717, 1.165) is 18.5 Å². The molecule has 0 atom stereocenters. The quantitative estimate of drug-likeness (QED) is 0.391. The van der Waals surface area contributed by atoms with Gasteiger partial charge in [0.05, 0.1) is 5.48 Å². The number of H-pyrrole nitrogens is 1. The lowest BCUT2D eigenvalue weighted by molar-refractivity contribution is 0.0944. The van der Waals surface area contributed by atoms with E-state index in [1.807, 2.05) is 0 Å². The molecular formula is C22H19FN8O2. The molecule has 2 aromatic heterocycles. The lowest BCUT2D eigenvalue weighted by Gasteiger charge is -2.08. The van der Waals surface area contributed by atoms with Gasteiger partial charge in [0, 0.05) is 24.6 Å². The number of amides is 2. The van der Waals surface area contributed by atoms with Crippen LogP contribution in [0, 0.1) is 12.7 Å². The van der Waals surface area contributed by atoms with Crippen LogP contribution in [0.25, 0.3) is 11.4 Å². The van der Waals surface area contributed by atoms with Crippen LogP contribution in [0.15, 0.2) is 54.9 Å². The van der Waals surface area contributed by atoms with Crippen LogP contribution in [0.3, 0.4) is 0 Å². The van der Waals surface area contributed by atoms with E-state index in [4.69, 9.17) is 5.48 Å². The monoisotopic (exact) mass is 450 g/mol. The van der Waals surface area contributed by atoms with Crippen molar-refractivity contribution in [3.05, 3.63) is 88.8 Å². The van der Waals surface area contributed by atoms with Crippen molar-refractivity contribution in [2.75, 3.05) is 0 Å². The third-order valence-electron chi connectivity index (χ3n) is 4.42. The topological polar surface area (TPSA) is 138 Å². The van der Waals surface area contributed by atoms with Gasteiger partial charge in [0.1, 0.15) is 23.5 Å². The summed E-state index contributed by atoms with van der Waals surface area (Å²) in [5, 5.41) is 17.8. The van der Waals surface area contributed by atoms with Gasteiger partial charge < -0.3 is 10.6 Å². The van der Waals surface area contributed by atoms with Gasteiger partial charge in [0.15, 0.2) is 0 Å². The predicted molar refractivity (Wildman–Crippen MR) is 115 cm³/mol. The predicted octanol–water partition coefficient (Wildman–Crippen LogP) is 1.96. The van der Waals surface area contributed by atoms with Crippen LogP contribution >= 0.6 is 0 Å². The zero-order valence-corrected chi connectivity index (χ0v) is 17.1. The first-order chi connectivity index (χ1) is 17.5. The van der Waals surface area contributed by atoms with E-state index in [1.54, 1.807) is 12.1 Å². The molecule has 33 heavy (non-hydrogen) atoms. The summed E-state index contributed by atoms with van der Waals surface area (Å²) in [5.74, 6) is -2.08. The van der Waals surface area contributed by atoms with Gasteiger partial charge in [-0.3, -0.25) is 9.59 Å². The van der Waals surface area contributed by atoms with Gasteiger partial charge in [-0.05, 0) is 34.9 Å². The highest BCUT2D eigenvalue weighted by Gasteiger charge is 2.13. The fourth-order valence-electron chi connectivity index (χ4n) is 2.70. The summed E-state index contributed by atoms with van der Waals surface area (Å²) in [6.07, 6.45) is 0.927. The van der Waals surface area contributed by atoms with Gasteiger partial charge in [-0.2, -0.15) is 5.21 Å². The second-order valence-corrected chi connectivity index (χ2v) is 6.72. The van der Waals surface area contributed by atoms with Crippen LogP contribution in [0.2, 0.25) is 0 Å². The Kier molecular flexibility index (Phi) is 5.03. The molecule has 3 N–H and O–H groups in total. The van der Waals surface area contributed by atoms with Crippen molar-refractivity contribution in [1.29, 1.82) is 0 Å². The Morgan fingerprint density at radius 2 is 1.61 bits per heavy atom. The van der Waals surface area contributed by atoms with Gasteiger partial charge in [-0.15, -0.1) is 10.2 Å². The van der Waals surface area contributed by atoms with Crippen LogP contribution in [-0.2, 0) is 13.0 Å². The number of aromatic nitrogens is 6. The minimum absolute atomic E-state index is 0.0188. The summed E-state index contributed by atoms with van der Waals surface area (Å²) >= 11 is 0. The van der Waals surface area contributed by atoms with Crippen molar-refractivity contribution < 1.29 is 19.5 Å². The minimum atomic E-state index is -2.37. The van der Waals surface area contributed by atoms with Crippen molar-refractivity contribution in [3.8, 4) is 11.4 Å². The van der Waals surface area contributed by atoms with E-state index in [0.29, 0.717) is 11.4 Å². The maximum absolute atomic E-state index is 13.5. The Bertz CT molecular complexity index is 1450. The first kappa shape index (κ1) is 17.1. The van der Waals surface area contributed by atoms with Crippen LogP contribution in [0.4, 0.5) is 4.39 Å². The molecule has 0 saturated heterocycles. The number of hydrogen-bond donors (Lipinski definition) is 3. The minimum Gasteiger partial charge on any atom is -0.347 e. The summed E-state index contributed by atoms with van der Waals surface area (Å²) < 4.78 is 46.4. The molecule has 0 aliphatic heterocycles. The molecule has 166 valence electrons. The SMILES string of the molecule is [2H]C([2H])(NC(=O)c1cc(C(=O)NC([2H])([2H])c2ccc(F)c(C)c2)ncn1)c1ccc(-c2nn[nH]n2)cc1. The highest BCUT2D eigenvalue weighted by molar-refractivity contribution is 5.97. The molecule has 11 heteroatoms. The van der Waals surface area contributed by atoms with Gasteiger partial charge in [-0.25, -0.2) is 14.4 Å². The number of aromatic amines is 1. The van der Waals surface area contributed by atoms with E-state index in [1.165, 1.54) is 31.2 Å². The zero-order chi connectivity index (χ0) is 26.8. The first-order valence-electron chi connectivity index (χ1n) is 11.5. The van der Waals surface area contributed by atoms with Crippen LogP contribution < -0.4 is 10.6 Å². The molecule has 10 nitrogen and oxygen atoms in total. The summed E-state index contributed by atoms with van der Waals surface area (Å²) in [6, 6.07) is 10.6. The van der Waals surface area contributed by atoms with Gasteiger partial charge in [-0.1, -0.05) is 36.4 Å². The van der Waals surface area contributed by atoms with Crippen molar-refractivity contribution >= 4 is 11.8 Å². The third-order valence-corrected chi connectivity index (χ3v) is 4.42. The van der Waals surface area contributed by atoms with Crippen LogP contribution in [-0.4, -0.2) is 42.4 Å². The van der Waals surface area contributed by atoms with Gasteiger partial charge >= 0.3 is 0 Å². The molecule has 0 aliphatic rings. The lowest BCUT2D eigenvalue weighted by Crippen LogP contribution is -2.27. The fraction of sp³-hybridized carbons (Fsp3) is 0.136. The maximum Gasteiger partial charge on any atom is 0.270 e. The Labute approximate surface area is 193 Å². The van der Waals surface area contributed by atoms with E-state index in [-0.39, 0.29) is 28.1 Å². The highest BCUT2D eigenvalue weighted by atomic mass is 19.1. The fourth-order valence-corrected chi connectivity index (χ4v) is 2.70. The summed E-state index contributed by atoms with van der Waals surface area (Å²) in [5.41, 5.74) is 0.295. The number of aryl methyl sites for hydroxylation is 1. The summed E-state index contributed by atoms with van der Waals surface area (Å²) in [7, 11) is 0. The van der Waals surface area contributed by atoms with E-state index in [9.17, 15) is 14.0 Å². The Morgan fingerprint density at radius 3 is 2.21 bits per heavy atom. The average Bonchev–Trinajstić information content (AvgIpc) is 3.40. The van der Waals surface area contributed by atoms with Gasteiger partial charge in [0.25, 0.3) is 11.8 Å². The molecule has 0 aliphatic carbocycles. The number of tetrazole rings is 1. The Balaban J connectivity index is 1.47. The normalized spacial score (nSPS) is 13.3. The molecule has 0 unspecified atom stereocenters. The molecule has 2 heterocycles. The molecule has 0 radical (unpaired) electrons. The Hall–Kier alpha value is -4.54. The smallest absolute Gasteiger partial charge is 0.270 e. The molecule has 0 fully saturated rings. The molecular weight excluding hydrogens is 427 g/mol. The second-order valence-electron chi connectivity index (χ2n) is 6.72. The molecule has 2 amide bonds. The van der Waals surface area contributed by atoms with Crippen molar-refractivity contribution in [3.63, 3.8) is 0 Å². The molecule has 4 rings (SSSR count). The molecule has 4 aromatic rings. The average molecular weight is 450 g/mol. The third kappa shape index (κ3) is 5.39. The van der Waals surface area contributed by atoms with Gasteiger partial charge in [0.2, 0.25) is 5.82 Å². The Morgan fingerprint density at radius 1 is 0.970 bits per heavy atom. The van der Waals surface area contributed by atoms with E-state index < -0.39 is 30.6 Å². The standard InChI is InChI=1S/C22H19FN8O2/c1-13-8-15(4-7-17(13)23)11-25-22(33)19-9-18(26-12-27-19)21(32)24-10-14-2-5-16(6-3-14)20-28-30-31-29-20/h2-9,12H,10-11H2,1H3,(H,24,32)(H,25,33)(H,28,29,30,31)/i10D2,11D2. The number of halogens is 1. The van der Waals surface area contributed by atoms with Crippen molar-refractivity contribution in [2.45, 2.75) is 19.9 Å². The highest BCUT2D eigenvalue weighted by Crippen LogP contribution is 2.14. The molecule has 0 bridgehead atoms. The van der Waals surface area contributed by atoms with Crippen LogP contribution in [0.1, 0.15) is 43.2 Å². The second kappa shape index (κ2) is 9.73. The number of nitrogens with zero attached hydrogens (tertiary/aromatic N) is 5. The van der Waals surface area contributed by atoms with E-state index >= 15 is 0 Å². The number of rotatable bonds is 7. The maximum atomic E-state index is 13.5. The largest absolute Gasteiger partial charge is 0.347 e. The summed E-state index contributed by atoms with van der Waals surface area (Å²) in [6.45, 7) is -3.21.